The summed E-state index contributed by atoms with van der Waals surface area (Å²) < 4.78 is 1.57. The molecular weight excluding hydrogens is 386 g/mol. The van der Waals surface area contributed by atoms with Crippen LogP contribution in [0.25, 0.3) is 5.69 Å². The van der Waals surface area contributed by atoms with Crippen molar-refractivity contribution in [3.63, 3.8) is 0 Å². The third-order valence-corrected chi connectivity index (χ3v) is 5.88. The summed E-state index contributed by atoms with van der Waals surface area (Å²) in [5.74, 6) is -0.231. The third-order valence-electron chi connectivity index (χ3n) is 5.59. The van der Waals surface area contributed by atoms with Crippen LogP contribution in [-0.4, -0.2) is 38.6 Å². The minimum absolute atomic E-state index is 0.0411. The number of aliphatic imine (C=N–C) groups is 1. The van der Waals surface area contributed by atoms with E-state index in [1.54, 1.807) is 0 Å². The molecule has 1 aliphatic carbocycles. The van der Waals surface area contributed by atoms with Crippen LogP contribution >= 0.6 is 12.2 Å². The van der Waals surface area contributed by atoms with Gasteiger partial charge in [0.05, 0.1) is 11.8 Å². The number of aromatic nitrogens is 2. The van der Waals surface area contributed by atoms with E-state index in [-0.39, 0.29) is 33.1 Å². The number of aromatic amines is 1. The molecule has 0 spiro atoms. The summed E-state index contributed by atoms with van der Waals surface area (Å²) in [5, 5.41) is 21.0. The first-order valence-corrected chi connectivity index (χ1v) is 10.2. The Morgan fingerprint density at radius 1 is 1.31 bits per heavy atom. The highest BCUT2D eigenvalue weighted by Gasteiger charge is 2.40. The molecule has 0 radical (unpaired) electrons. The monoisotopic (exact) mass is 415 g/mol. The van der Waals surface area contributed by atoms with E-state index in [0.29, 0.717) is 18.7 Å². The number of nitrogens with zero attached hydrogens (tertiary/aromatic N) is 2. The molecule has 6 nitrogen and oxygen atoms in total. The quantitative estimate of drug-likeness (QED) is 0.522. The molecule has 1 fully saturated rings. The van der Waals surface area contributed by atoms with Gasteiger partial charge in [-0.2, -0.15) is 0 Å². The van der Waals surface area contributed by atoms with Gasteiger partial charge in [-0.1, -0.05) is 39.0 Å². The van der Waals surface area contributed by atoms with E-state index in [4.69, 9.17) is 12.2 Å². The van der Waals surface area contributed by atoms with Gasteiger partial charge in [0.15, 0.2) is 4.77 Å². The molecule has 2 unspecified atom stereocenters. The molecule has 0 amide bonds. The van der Waals surface area contributed by atoms with Gasteiger partial charge in [0.1, 0.15) is 5.56 Å². The average molecular weight is 416 g/mol. The molecular formula is C22H29N3O3S. The number of hydrogen-bond donors (Lipinski definition) is 3. The number of aromatic hydroxyl groups is 1. The van der Waals surface area contributed by atoms with Gasteiger partial charge in [-0.25, -0.2) is 0 Å². The van der Waals surface area contributed by atoms with Gasteiger partial charge in [-0.05, 0) is 60.9 Å². The second-order valence-electron chi connectivity index (χ2n) is 9.30. The Morgan fingerprint density at radius 3 is 2.66 bits per heavy atom. The fourth-order valence-corrected chi connectivity index (χ4v) is 5.03. The maximum atomic E-state index is 12.4. The lowest BCUT2D eigenvalue weighted by Crippen LogP contribution is -2.40. The predicted molar refractivity (Wildman–Crippen MR) is 118 cm³/mol. The van der Waals surface area contributed by atoms with E-state index in [1.165, 1.54) is 10.8 Å². The van der Waals surface area contributed by atoms with Crippen molar-refractivity contribution >= 4 is 18.4 Å². The van der Waals surface area contributed by atoms with Crippen LogP contribution in [0.5, 0.6) is 5.88 Å². The van der Waals surface area contributed by atoms with Gasteiger partial charge in [-0.15, -0.1) is 0 Å². The van der Waals surface area contributed by atoms with Crippen molar-refractivity contribution < 1.29 is 10.2 Å². The second-order valence-corrected chi connectivity index (χ2v) is 9.69. The highest BCUT2D eigenvalue weighted by molar-refractivity contribution is 7.71. The van der Waals surface area contributed by atoms with Crippen LogP contribution < -0.4 is 5.56 Å². The summed E-state index contributed by atoms with van der Waals surface area (Å²) in [7, 11) is 0. The van der Waals surface area contributed by atoms with Crippen molar-refractivity contribution in [1.29, 1.82) is 0 Å². The zero-order valence-corrected chi connectivity index (χ0v) is 18.2. The topological polar surface area (TPSA) is 90.6 Å². The number of aryl methyl sites for hydroxylation is 1. The van der Waals surface area contributed by atoms with Gasteiger partial charge in [0.2, 0.25) is 5.88 Å². The lowest BCUT2D eigenvalue weighted by Gasteiger charge is -2.44. The van der Waals surface area contributed by atoms with E-state index in [0.717, 1.165) is 18.4 Å². The number of rotatable bonds is 4. The average Bonchev–Trinajstić information content (AvgIpc) is 2.57. The first kappa shape index (κ1) is 21.5. The molecule has 2 aromatic rings. The van der Waals surface area contributed by atoms with E-state index in [1.807, 2.05) is 31.2 Å². The van der Waals surface area contributed by atoms with Gasteiger partial charge >= 0.3 is 0 Å². The van der Waals surface area contributed by atoms with E-state index < -0.39 is 5.56 Å². The normalized spacial score (nSPS) is 24.1. The van der Waals surface area contributed by atoms with Gasteiger partial charge < -0.3 is 10.2 Å². The minimum Gasteiger partial charge on any atom is -0.494 e. The van der Waals surface area contributed by atoms with Crippen molar-refractivity contribution in [2.75, 3.05) is 6.54 Å². The Hall–Kier alpha value is -2.25. The van der Waals surface area contributed by atoms with Crippen molar-refractivity contribution in [1.82, 2.24) is 9.55 Å². The van der Waals surface area contributed by atoms with Crippen LogP contribution in [0.3, 0.4) is 0 Å². The van der Waals surface area contributed by atoms with Crippen molar-refractivity contribution in [2.45, 2.75) is 53.1 Å². The number of aliphatic hydroxyl groups is 1. The highest BCUT2D eigenvalue weighted by Crippen LogP contribution is 2.46. The summed E-state index contributed by atoms with van der Waals surface area (Å²) in [6.45, 7) is 8.79. The summed E-state index contributed by atoms with van der Waals surface area (Å²) in [6, 6.07) is 7.48. The Labute approximate surface area is 176 Å². The zero-order valence-electron chi connectivity index (χ0n) is 17.4. The molecule has 1 saturated carbocycles. The van der Waals surface area contributed by atoms with Crippen LogP contribution in [0.1, 0.15) is 51.2 Å². The molecule has 3 rings (SSSR count). The van der Waals surface area contributed by atoms with E-state index >= 15 is 0 Å². The maximum Gasteiger partial charge on any atom is 0.264 e. The third kappa shape index (κ3) is 4.67. The molecule has 3 N–H and O–H groups in total. The number of nitrogens with one attached hydrogen (secondary N) is 1. The van der Waals surface area contributed by atoms with Gasteiger partial charge in [0.25, 0.3) is 5.56 Å². The molecule has 0 aliphatic heterocycles. The van der Waals surface area contributed by atoms with Crippen LogP contribution in [0, 0.1) is 22.5 Å². The number of hydrogen-bond acceptors (Lipinski definition) is 5. The predicted octanol–water partition coefficient (Wildman–Crippen LogP) is 3.91. The summed E-state index contributed by atoms with van der Waals surface area (Å²) in [4.78, 5) is 19.5. The van der Waals surface area contributed by atoms with Crippen molar-refractivity contribution in [3.05, 3.63) is 50.5 Å². The number of benzene rings is 1. The molecule has 1 aromatic carbocycles. The Bertz CT molecular complexity index is 1050. The number of para-hydroxylation sites is 1. The van der Waals surface area contributed by atoms with Crippen LogP contribution in [0.4, 0.5) is 0 Å². The maximum absolute atomic E-state index is 12.4. The SMILES string of the molecule is Cc1ccccc1-n1c(O)c(C=NCC2(C)CC(O)CC(C)(C)C2)c(=O)[nH]c1=S. The standard InChI is InChI=1S/C22H29N3O3S/c1-14-7-5-6-8-17(14)25-19(28)16(18(27)24-20(25)29)11-23-13-22(4)10-15(26)9-21(2,3)12-22/h5-8,11,15,26,28H,9-10,12-13H2,1-4H3,(H,24,27,29). The Kier molecular flexibility index (Phi) is 5.83. The first-order valence-electron chi connectivity index (χ1n) is 9.84. The van der Waals surface area contributed by atoms with Crippen LogP contribution in [-0.2, 0) is 0 Å². The molecule has 1 aromatic heterocycles. The minimum atomic E-state index is -0.477. The molecule has 1 heterocycles. The summed E-state index contributed by atoms with van der Waals surface area (Å²) in [6.07, 6.45) is 3.45. The zero-order chi connectivity index (χ0) is 21.4. The van der Waals surface area contributed by atoms with Crippen LogP contribution in [0.15, 0.2) is 34.1 Å². The number of H-pyrrole nitrogens is 1. The molecule has 1 aliphatic rings. The fourth-order valence-electron chi connectivity index (χ4n) is 4.75. The molecule has 29 heavy (non-hydrogen) atoms. The highest BCUT2D eigenvalue weighted by atomic mass is 32.1. The van der Waals surface area contributed by atoms with Gasteiger partial charge in [-0.3, -0.25) is 19.3 Å². The second kappa shape index (κ2) is 7.88. The Morgan fingerprint density at radius 2 is 2.00 bits per heavy atom. The largest absolute Gasteiger partial charge is 0.494 e. The lowest BCUT2D eigenvalue weighted by atomic mass is 9.63. The fraction of sp³-hybridized carbons (Fsp3) is 0.500. The lowest BCUT2D eigenvalue weighted by molar-refractivity contribution is -0.00472. The summed E-state index contributed by atoms with van der Waals surface area (Å²) in [5.41, 5.74) is 1.09. The number of aliphatic hydroxyl groups excluding tert-OH is 1. The molecule has 0 saturated heterocycles. The van der Waals surface area contributed by atoms with Crippen LogP contribution in [0.2, 0.25) is 0 Å². The van der Waals surface area contributed by atoms with Crippen molar-refractivity contribution in [2.24, 2.45) is 15.8 Å². The summed E-state index contributed by atoms with van der Waals surface area (Å²) >= 11 is 5.27. The molecule has 0 bridgehead atoms. The molecule has 156 valence electrons. The van der Waals surface area contributed by atoms with Gasteiger partial charge in [0, 0.05) is 12.8 Å². The Balaban J connectivity index is 1.94. The molecule has 7 heteroatoms. The molecule has 2 atom stereocenters. The smallest absolute Gasteiger partial charge is 0.264 e. The first-order chi connectivity index (χ1) is 13.5. The van der Waals surface area contributed by atoms with E-state index in [9.17, 15) is 15.0 Å². The van der Waals surface area contributed by atoms with Crippen molar-refractivity contribution in [3.8, 4) is 11.6 Å². The van der Waals surface area contributed by atoms with E-state index in [2.05, 4.69) is 30.7 Å².